The van der Waals surface area contributed by atoms with Crippen LogP contribution in [0, 0.1) is 0 Å². The van der Waals surface area contributed by atoms with Crippen molar-refractivity contribution in [3.63, 3.8) is 0 Å². The largest absolute Gasteiger partial charge is 0.355 e. The molecule has 0 radical (unpaired) electrons. The molecule has 1 saturated heterocycles. The summed E-state index contributed by atoms with van der Waals surface area (Å²) >= 11 is 0. The van der Waals surface area contributed by atoms with Crippen molar-refractivity contribution >= 4 is 19.9 Å². The molecule has 0 spiro atoms. The maximum Gasteiger partial charge on any atom is 0.214 e. The predicted octanol–water partition coefficient (Wildman–Crippen LogP) is -0.898. The summed E-state index contributed by atoms with van der Waals surface area (Å²) in [5, 5.41) is -0.657. The van der Waals surface area contributed by atoms with Crippen LogP contribution in [0.5, 0.6) is 0 Å². The van der Waals surface area contributed by atoms with E-state index in [4.69, 9.17) is 9.47 Å². The summed E-state index contributed by atoms with van der Waals surface area (Å²) in [4.78, 5) is 0. The number of sulfone groups is 1. The van der Waals surface area contributed by atoms with Gasteiger partial charge in [-0.25, -0.2) is 21.6 Å². The van der Waals surface area contributed by atoms with Crippen LogP contribution in [-0.4, -0.2) is 60.6 Å². The Balaban J connectivity index is 2.55. The van der Waals surface area contributed by atoms with Crippen molar-refractivity contribution in [1.82, 2.24) is 4.72 Å². The Morgan fingerprint density at radius 1 is 1.22 bits per heavy atom. The topological polar surface area (TPSA) is 98.8 Å². The summed E-state index contributed by atoms with van der Waals surface area (Å²) < 4.78 is 58.4. The van der Waals surface area contributed by atoms with Gasteiger partial charge in [-0.1, -0.05) is 0 Å². The smallest absolute Gasteiger partial charge is 0.214 e. The van der Waals surface area contributed by atoms with Crippen LogP contribution in [0.3, 0.4) is 0 Å². The Kier molecular flexibility index (Phi) is 5.53. The minimum absolute atomic E-state index is 0.0125. The molecule has 0 saturated carbocycles. The molecule has 0 bridgehead atoms. The highest BCUT2D eigenvalue weighted by molar-refractivity contribution is 7.92. The number of hydrogen-bond acceptors (Lipinski definition) is 6. The zero-order valence-corrected chi connectivity index (χ0v) is 12.1. The lowest BCUT2D eigenvalue weighted by Gasteiger charge is -2.23. The van der Waals surface area contributed by atoms with Gasteiger partial charge >= 0.3 is 0 Å². The first-order chi connectivity index (χ1) is 8.30. The maximum absolute atomic E-state index is 11.9. The zero-order valence-electron chi connectivity index (χ0n) is 10.5. The van der Waals surface area contributed by atoms with Gasteiger partial charge in [-0.15, -0.1) is 0 Å². The van der Waals surface area contributed by atoms with Gasteiger partial charge < -0.3 is 9.47 Å². The SMILES string of the molecule is COC(CNS(=O)(=O)C1CCS(=O)(=O)CC1)OC. The quantitative estimate of drug-likeness (QED) is 0.639. The van der Waals surface area contributed by atoms with Crippen LogP contribution >= 0.6 is 0 Å². The van der Waals surface area contributed by atoms with E-state index in [1.54, 1.807) is 0 Å². The van der Waals surface area contributed by atoms with Gasteiger partial charge in [0.2, 0.25) is 10.0 Å². The average molecular weight is 301 g/mol. The summed E-state index contributed by atoms with van der Waals surface area (Å²) in [5.74, 6) is -0.146. The molecule has 0 aromatic rings. The van der Waals surface area contributed by atoms with Crippen LogP contribution in [0.4, 0.5) is 0 Å². The molecule has 1 heterocycles. The third kappa shape index (κ3) is 4.47. The van der Waals surface area contributed by atoms with E-state index in [2.05, 4.69) is 4.72 Å². The number of rotatable bonds is 6. The Morgan fingerprint density at radius 2 is 1.72 bits per heavy atom. The summed E-state index contributed by atoms with van der Waals surface area (Å²) in [5.41, 5.74) is 0. The molecular weight excluding hydrogens is 282 g/mol. The van der Waals surface area contributed by atoms with Gasteiger partial charge in [-0.3, -0.25) is 0 Å². The third-order valence-electron chi connectivity index (χ3n) is 2.92. The number of hydrogen-bond donors (Lipinski definition) is 1. The monoisotopic (exact) mass is 301 g/mol. The first kappa shape index (κ1) is 15.8. The minimum atomic E-state index is -3.52. The van der Waals surface area contributed by atoms with E-state index in [1.807, 2.05) is 0 Å². The standard InChI is InChI=1S/C9H19NO6S2/c1-15-9(16-2)7-10-18(13,14)8-3-5-17(11,12)6-4-8/h8-10H,3-7H2,1-2H3. The summed E-state index contributed by atoms with van der Waals surface area (Å²) in [6, 6.07) is 0. The summed E-state index contributed by atoms with van der Waals surface area (Å²) in [6.45, 7) is 0.0125. The lowest BCUT2D eigenvalue weighted by molar-refractivity contribution is -0.0961. The molecule has 0 aromatic heterocycles. The van der Waals surface area contributed by atoms with Crippen molar-refractivity contribution < 1.29 is 26.3 Å². The minimum Gasteiger partial charge on any atom is -0.355 e. The molecular formula is C9H19NO6S2. The molecule has 0 aliphatic carbocycles. The Morgan fingerprint density at radius 3 is 2.17 bits per heavy atom. The third-order valence-corrected chi connectivity index (χ3v) is 6.55. The van der Waals surface area contributed by atoms with Gasteiger partial charge in [0.25, 0.3) is 0 Å². The van der Waals surface area contributed by atoms with Crippen LogP contribution in [0.1, 0.15) is 12.8 Å². The van der Waals surface area contributed by atoms with Crippen molar-refractivity contribution in [1.29, 1.82) is 0 Å². The van der Waals surface area contributed by atoms with Crippen LogP contribution in [0.2, 0.25) is 0 Å². The number of nitrogens with one attached hydrogen (secondary N) is 1. The van der Waals surface area contributed by atoms with Gasteiger partial charge in [0.05, 0.1) is 23.3 Å². The molecule has 108 valence electrons. The second kappa shape index (κ2) is 6.29. The highest BCUT2D eigenvalue weighted by atomic mass is 32.2. The van der Waals surface area contributed by atoms with Crippen LogP contribution < -0.4 is 4.72 Å². The van der Waals surface area contributed by atoms with Gasteiger partial charge in [-0.2, -0.15) is 0 Å². The molecule has 1 rings (SSSR count). The lowest BCUT2D eigenvalue weighted by atomic mass is 10.2. The van der Waals surface area contributed by atoms with Crippen molar-refractivity contribution in [2.45, 2.75) is 24.4 Å². The van der Waals surface area contributed by atoms with Crippen molar-refractivity contribution in [2.24, 2.45) is 0 Å². The zero-order chi connectivity index (χ0) is 13.8. The fourth-order valence-electron chi connectivity index (χ4n) is 1.74. The molecule has 0 atom stereocenters. The molecule has 7 nitrogen and oxygen atoms in total. The highest BCUT2D eigenvalue weighted by Gasteiger charge is 2.32. The first-order valence-electron chi connectivity index (χ1n) is 5.55. The first-order valence-corrected chi connectivity index (χ1v) is 8.92. The normalized spacial score (nSPS) is 21.3. The lowest BCUT2D eigenvalue weighted by Crippen LogP contribution is -2.43. The van der Waals surface area contributed by atoms with Gasteiger partial charge in [0, 0.05) is 14.2 Å². The van der Waals surface area contributed by atoms with Gasteiger partial charge in [0.1, 0.15) is 9.84 Å². The molecule has 1 N–H and O–H groups in total. The summed E-state index contributed by atoms with van der Waals surface area (Å²) in [6.07, 6.45) is -0.364. The maximum atomic E-state index is 11.9. The molecule has 1 fully saturated rings. The van der Waals surface area contributed by atoms with E-state index in [1.165, 1.54) is 14.2 Å². The molecule has 9 heteroatoms. The van der Waals surface area contributed by atoms with E-state index in [9.17, 15) is 16.8 Å². The molecule has 18 heavy (non-hydrogen) atoms. The molecule has 0 unspecified atom stereocenters. The van der Waals surface area contributed by atoms with E-state index in [-0.39, 0.29) is 30.9 Å². The van der Waals surface area contributed by atoms with Crippen LogP contribution in [-0.2, 0) is 29.3 Å². The van der Waals surface area contributed by atoms with Crippen LogP contribution in [0.15, 0.2) is 0 Å². The van der Waals surface area contributed by atoms with Crippen molar-refractivity contribution in [3.05, 3.63) is 0 Å². The number of sulfonamides is 1. The molecule has 0 aromatic carbocycles. The summed E-state index contributed by atoms with van der Waals surface area (Å²) in [7, 11) is -3.76. The fourth-order valence-corrected chi connectivity index (χ4v) is 4.99. The molecule has 1 aliphatic heterocycles. The average Bonchev–Trinajstić information content (AvgIpc) is 2.29. The second-order valence-electron chi connectivity index (χ2n) is 4.15. The van der Waals surface area contributed by atoms with E-state index >= 15 is 0 Å². The Hall–Kier alpha value is -0.220. The van der Waals surface area contributed by atoms with Crippen LogP contribution in [0.25, 0.3) is 0 Å². The number of methoxy groups -OCH3 is 2. The molecule has 0 amide bonds. The van der Waals surface area contributed by atoms with Gasteiger partial charge in [0.15, 0.2) is 6.29 Å². The van der Waals surface area contributed by atoms with E-state index < -0.39 is 31.4 Å². The predicted molar refractivity (Wildman–Crippen MR) is 66.4 cm³/mol. The number of ether oxygens (including phenoxy) is 2. The van der Waals surface area contributed by atoms with E-state index in [0.29, 0.717) is 0 Å². The Bertz CT molecular complexity index is 439. The Labute approximate surface area is 108 Å². The fraction of sp³-hybridized carbons (Fsp3) is 1.00. The van der Waals surface area contributed by atoms with Crippen molar-refractivity contribution in [3.8, 4) is 0 Å². The highest BCUT2D eigenvalue weighted by Crippen LogP contribution is 2.18. The second-order valence-corrected chi connectivity index (χ2v) is 8.49. The van der Waals surface area contributed by atoms with E-state index in [0.717, 1.165) is 0 Å². The van der Waals surface area contributed by atoms with Crippen molar-refractivity contribution in [2.75, 3.05) is 32.3 Å². The van der Waals surface area contributed by atoms with Gasteiger partial charge in [-0.05, 0) is 12.8 Å². The molecule has 1 aliphatic rings.